The summed E-state index contributed by atoms with van der Waals surface area (Å²) in [4.78, 5) is 18.9. The summed E-state index contributed by atoms with van der Waals surface area (Å²) in [5.41, 5.74) is 0.0332. The van der Waals surface area contributed by atoms with E-state index in [9.17, 15) is 4.79 Å². The third-order valence-electron chi connectivity index (χ3n) is 3.68. The summed E-state index contributed by atoms with van der Waals surface area (Å²) in [6.45, 7) is 3.65. The van der Waals surface area contributed by atoms with Gasteiger partial charge in [-0.1, -0.05) is 6.92 Å². The van der Waals surface area contributed by atoms with Gasteiger partial charge >= 0.3 is 0 Å². The van der Waals surface area contributed by atoms with Crippen molar-refractivity contribution in [2.75, 3.05) is 17.3 Å². The lowest BCUT2D eigenvalue weighted by molar-refractivity contribution is 0.382. The first-order chi connectivity index (χ1) is 9.27. The smallest absolute Gasteiger partial charge is 0.293 e. The molecule has 0 atom stereocenters. The Labute approximate surface area is 119 Å². The molecule has 0 bridgehead atoms. The molecule has 1 aliphatic carbocycles. The monoisotopic (exact) mass is 283 g/mol. The van der Waals surface area contributed by atoms with Gasteiger partial charge in [-0.25, -0.2) is 4.98 Å². The van der Waals surface area contributed by atoms with Gasteiger partial charge in [0, 0.05) is 37.4 Å². The lowest BCUT2D eigenvalue weighted by Crippen LogP contribution is -2.45. The molecule has 0 aliphatic heterocycles. The van der Waals surface area contributed by atoms with Crippen LogP contribution in [0.15, 0.2) is 17.2 Å². The molecular formula is C14H22ClN3O. The van der Waals surface area contributed by atoms with Crippen molar-refractivity contribution in [1.29, 1.82) is 0 Å². The van der Waals surface area contributed by atoms with Gasteiger partial charge in [0.25, 0.3) is 5.56 Å². The van der Waals surface area contributed by atoms with Crippen molar-refractivity contribution in [3.05, 3.63) is 22.7 Å². The highest BCUT2D eigenvalue weighted by atomic mass is 35.5. The van der Waals surface area contributed by atoms with Gasteiger partial charge in [-0.15, -0.1) is 11.6 Å². The Balaban J connectivity index is 2.24. The number of aryl methyl sites for hydroxylation is 1. The van der Waals surface area contributed by atoms with Gasteiger partial charge in [-0.2, -0.15) is 0 Å². The topological polar surface area (TPSA) is 38.1 Å². The molecule has 1 saturated carbocycles. The molecule has 4 nitrogen and oxygen atoms in total. The third-order valence-corrected chi connectivity index (χ3v) is 3.95. The molecule has 0 spiro atoms. The second-order valence-corrected chi connectivity index (χ2v) is 5.45. The van der Waals surface area contributed by atoms with Crippen molar-refractivity contribution in [1.82, 2.24) is 9.55 Å². The van der Waals surface area contributed by atoms with Gasteiger partial charge in [0.2, 0.25) is 0 Å². The number of alkyl halides is 1. The highest BCUT2D eigenvalue weighted by Gasteiger charge is 2.27. The molecule has 106 valence electrons. The van der Waals surface area contributed by atoms with E-state index in [1.54, 1.807) is 17.0 Å². The second-order valence-electron chi connectivity index (χ2n) is 5.07. The van der Waals surface area contributed by atoms with Gasteiger partial charge in [0.15, 0.2) is 5.82 Å². The van der Waals surface area contributed by atoms with Crippen LogP contribution >= 0.6 is 11.6 Å². The number of nitrogens with zero attached hydrogens (tertiary/aromatic N) is 3. The summed E-state index contributed by atoms with van der Waals surface area (Å²) in [6.07, 6.45) is 8.92. The van der Waals surface area contributed by atoms with Gasteiger partial charge in [0.1, 0.15) is 0 Å². The van der Waals surface area contributed by atoms with Crippen molar-refractivity contribution in [2.45, 2.75) is 51.6 Å². The molecule has 5 heteroatoms. The largest absolute Gasteiger partial charge is 0.349 e. The van der Waals surface area contributed by atoms with Crippen molar-refractivity contribution in [3.63, 3.8) is 0 Å². The maximum atomic E-state index is 12.4. The molecule has 1 aromatic rings. The quantitative estimate of drug-likeness (QED) is 0.722. The zero-order valence-corrected chi connectivity index (χ0v) is 12.3. The fourth-order valence-corrected chi connectivity index (χ4v) is 2.56. The average Bonchev–Trinajstić information content (AvgIpc) is 2.35. The van der Waals surface area contributed by atoms with E-state index in [4.69, 9.17) is 11.6 Å². The van der Waals surface area contributed by atoms with E-state index in [1.165, 1.54) is 6.42 Å². The van der Waals surface area contributed by atoms with Crippen LogP contribution in [0.1, 0.15) is 39.0 Å². The number of aromatic nitrogens is 2. The van der Waals surface area contributed by atoms with Crippen LogP contribution in [0, 0.1) is 0 Å². The molecule has 0 saturated heterocycles. The molecule has 0 unspecified atom stereocenters. The van der Waals surface area contributed by atoms with Crippen LogP contribution < -0.4 is 10.5 Å². The van der Waals surface area contributed by atoms with Crippen molar-refractivity contribution in [3.8, 4) is 0 Å². The minimum atomic E-state index is 0.0332. The number of rotatable bonds is 7. The van der Waals surface area contributed by atoms with Crippen LogP contribution in [0.2, 0.25) is 0 Å². The van der Waals surface area contributed by atoms with Gasteiger partial charge in [-0.05, 0) is 32.1 Å². The molecule has 19 heavy (non-hydrogen) atoms. The molecule has 0 radical (unpaired) electrons. The minimum absolute atomic E-state index is 0.0332. The molecule has 0 aromatic carbocycles. The first-order valence-electron chi connectivity index (χ1n) is 7.16. The Bertz CT molecular complexity index is 456. The van der Waals surface area contributed by atoms with Gasteiger partial charge in [0.05, 0.1) is 0 Å². The summed E-state index contributed by atoms with van der Waals surface area (Å²) in [6, 6.07) is 0.473. The Hall–Kier alpha value is -1.03. The summed E-state index contributed by atoms with van der Waals surface area (Å²) >= 11 is 5.79. The van der Waals surface area contributed by atoms with Crippen LogP contribution in [-0.4, -0.2) is 28.0 Å². The highest BCUT2D eigenvalue weighted by Crippen LogP contribution is 2.27. The van der Waals surface area contributed by atoms with E-state index in [1.807, 2.05) is 0 Å². The first-order valence-corrected chi connectivity index (χ1v) is 7.69. The van der Waals surface area contributed by atoms with Crippen LogP contribution in [0.3, 0.4) is 0 Å². The summed E-state index contributed by atoms with van der Waals surface area (Å²) in [5.74, 6) is 1.23. The highest BCUT2D eigenvalue weighted by molar-refractivity contribution is 6.17. The van der Waals surface area contributed by atoms with Crippen LogP contribution in [-0.2, 0) is 6.54 Å². The number of halogens is 1. The number of hydrogen-bond donors (Lipinski definition) is 0. The zero-order valence-electron chi connectivity index (χ0n) is 11.5. The molecule has 0 N–H and O–H groups in total. The lowest BCUT2D eigenvalue weighted by atomic mass is 9.91. The molecule has 0 amide bonds. The Morgan fingerprint density at radius 2 is 2.32 bits per heavy atom. The number of hydrogen-bond acceptors (Lipinski definition) is 3. The Morgan fingerprint density at radius 1 is 1.53 bits per heavy atom. The third kappa shape index (κ3) is 3.30. The predicted octanol–water partition coefficient (Wildman–Crippen LogP) is 2.64. The Morgan fingerprint density at radius 3 is 2.89 bits per heavy atom. The number of anilines is 1. The van der Waals surface area contributed by atoms with E-state index in [0.717, 1.165) is 38.8 Å². The second kappa shape index (κ2) is 6.94. The van der Waals surface area contributed by atoms with E-state index in [0.29, 0.717) is 17.7 Å². The summed E-state index contributed by atoms with van der Waals surface area (Å²) in [5, 5.41) is 0. The van der Waals surface area contributed by atoms with Crippen LogP contribution in [0.5, 0.6) is 0 Å². The average molecular weight is 284 g/mol. The van der Waals surface area contributed by atoms with Crippen molar-refractivity contribution >= 4 is 17.4 Å². The van der Waals surface area contributed by atoms with Gasteiger partial charge < -0.3 is 9.47 Å². The zero-order chi connectivity index (χ0) is 13.7. The fraction of sp³-hybridized carbons (Fsp3) is 0.714. The summed E-state index contributed by atoms with van der Waals surface area (Å²) < 4.78 is 1.76. The molecule has 2 rings (SSSR count). The van der Waals surface area contributed by atoms with E-state index in [2.05, 4.69) is 16.8 Å². The standard InChI is InChI=1S/C14H22ClN3O/c1-2-9-17-11-8-16-13(14(17)19)18(10-4-7-15)12-5-3-6-12/h8,11-12H,2-7,9-10H2,1H3. The maximum Gasteiger partial charge on any atom is 0.293 e. The van der Waals surface area contributed by atoms with E-state index in [-0.39, 0.29) is 5.56 Å². The minimum Gasteiger partial charge on any atom is -0.349 e. The van der Waals surface area contributed by atoms with Gasteiger partial charge in [-0.3, -0.25) is 4.79 Å². The maximum absolute atomic E-state index is 12.4. The fourth-order valence-electron chi connectivity index (χ4n) is 2.44. The van der Waals surface area contributed by atoms with Crippen molar-refractivity contribution in [2.24, 2.45) is 0 Å². The first kappa shape index (κ1) is 14.4. The van der Waals surface area contributed by atoms with Crippen LogP contribution in [0.4, 0.5) is 5.82 Å². The predicted molar refractivity (Wildman–Crippen MR) is 79.1 cm³/mol. The lowest BCUT2D eigenvalue weighted by Gasteiger charge is -2.38. The van der Waals surface area contributed by atoms with Crippen LogP contribution in [0.25, 0.3) is 0 Å². The normalized spacial score (nSPS) is 15.3. The SMILES string of the molecule is CCCn1ccnc(N(CCCCl)C2CCC2)c1=O. The molecule has 1 aromatic heterocycles. The summed E-state index contributed by atoms with van der Waals surface area (Å²) in [7, 11) is 0. The molecule has 1 aliphatic rings. The molecular weight excluding hydrogens is 262 g/mol. The molecule has 1 fully saturated rings. The Kier molecular flexibility index (Phi) is 5.25. The van der Waals surface area contributed by atoms with Crippen molar-refractivity contribution < 1.29 is 0 Å². The van der Waals surface area contributed by atoms with E-state index < -0.39 is 0 Å². The molecule has 1 heterocycles. The van der Waals surface area contributed by atoms with E-state index >= 15 is 0 Å².